The fourth-order valence-electron chi connectivity index (χ4n) is 1.43. The van der Waals surface area contributed by atoms with E-state index in [4.69, 9.17) is 0 Å². The van der Waals surface area contributed by atoms with Gasteiger partial charge in [-0.15, -0.1) is 0 Å². The summed E-state index contributed by atoms with van der Waals surface area (Å²) in [5, 5.41) is 4.89. The molecule has 0 aliphatic carbocycles. The molecule has 0 aliphatic rings. The molecule has 0 saturated carbocycles. The van der Waals surface area contributed by atoms with E-state index < -0.39 is 17.7 Å². The molecule has 0 aliphatic heterocycles. The number of rotatable bonds is 2. The van der Waals surface area contributed by atoms with Crippen LogP contribution >= 0.6 is 15.9 Å². The lowest BCUT2D eigenvalue weighted by Gasteiger charge is -2.08. The van der Waals surface area contributed by atoms with Crippen LogP contribution in [0.2, 0.25) is 0 Å². The SMILES string of the molecule is O=C(Nc1cccc(F)c1)Nc1ccc(Br)c(F)c1. The first-order valence-corrected chi connectivity index (χ1v) is 6.12. The predicted molar refractivity (Wildman–Crippen MR) is 73.1 cm³/mol. The smallest absolute Gasteiger partial charge is 0.308 e. The van der Waals surface area contributed by atoms with E-state index in [-0.39, 0.29) is 0 Å². The van der Waals surface area contributed by atoms with Gasteiger partial charge in [0.2, 0.25) is 0 Å². The first-order valence-electron chi connectivity index (χ1n) is 5.33. The number of hydrogen-bond donors (Lipinski definition) is 2. The molecule has 6 heteroatoms. The molecule has 0 unspecified atom stereocenters. The Hall–Kier alpha value is -1.95. The molecule has 19 heavy (non-hydrogen) atoms. The van der Waals surface area contributed by atoms with E-state index in [9.17, 15) is 13.6 Å². The van der Waals surface area contributed by atoms with Crippen molar-refractivity contribution in [3.8, 4) is 0 Å². The maximum absolute atomic E-state index is 13.2. The zero-order valence-electron chi connectivity index (χ0n) is 9.58. The van der Waals surface area contributed by atoms with Gasteiger partial charge in [-0.05, 0) is 52.3 Å². The standard InChI is InChI=1S/C13H9BrF2N2O/c14-11-5-4-10(7-12(11)16)18-13(19)17-9-3-1-2-8(15)6-9/h1-7H,(H2,17,18,19). The van der Waals surface area contributed by atoms with Crippen LogP contribution in [0.3, 0.4) is 0 Å². The van der Waals surface area contributed by atoms with Crippen molar-refractivity contribution in [1.29, 1.82) is 0 Å². The fourth-order valence-corrected chi connectivity index (χ4v) is 1.68. The molecule has 0 atom stereocenters. The normalized spacial score (nSPS) is 10.1. The Kier molecular flexibility index (Phi) is 4.11. The number of carbonyl (C=O) groups is 1. The summed E-state index contributed by atoms with van der Waals surface area (Å²) in [5.74, 6) is -0.934. The third-order valence-electron chi connectivity index (χ3n) is 2.26. The van der Waals surface area contributed by atoms with Crippen LogP contribution in [0.15, 0.2) is 46.9 Å². The number of urea groups is 1. The summed E-state index contributed by atoms with van der Waals surface area (Å²) in [6, 6.07) is 9.09. The predicted octanol–water partition coefficient (Wildman–Crippen LogP) is 4.37. The van der Waals surface area contributed by atoms with Gasteiger partial charge in [-0.25, -0.2) is 13.6 Å². The lowest BCUT2D eigenvalue weighted by Crippen LogP contribution is -2.19. The van der Waals surface area contributed by atoms with Gasteiger partial charge in [-0.2, -0.15) is 0 Å². The summed E-state index contributed by atoms with van der Waals surface area (Å²) in [6.07, 6.45) is 0. The van der Waals surface area contributed by atoms with Gasteiger partial charge in [-0.3, -0.25) is 0 Å². The highest BCUT2D eigenvalue weighted by Crippen LogP contribution is 2.19. The highest BCUT2D eigenvalue weighted by Gasteiger charge is 2.05. The lowest BCUT2D eigenvalue weighted by molar-refractivity contribution is 0.262. The highest BCUT2D eigenvalue weighted by atomic mass is 79.9. The van der Waals surface area contributed by atoms with Crippen LogP contribution in [0.25, 0.3) is 0 Å². The van der Waals surface area contributed by atoms with Crippen LogP contribution in [0.4, 0.5) is 25.0 Å². The van der Waals surface area contributed by atoms with Crippen LogP contribution in [-0.2, 0) is 0 Å². The Morgan fingerprint density at radius 3 is 2.32 bits per heavy atom. The molecule has 0 spiro atoms. The number of amides is 2. The van der Waals surface area contributed by atoms with Crippen LogP contribution in [0, 0.1) is 11.6 Å². The maximum Gasteiger partial charge on any atom is 0.323 e. The number of carbonyl (C=O) groups excluding carboxylic acids is 1. The molecule has 2 aromatic carbocycles. The molecule has 0 fully saturated rings. The summed E-state index contributed by atoms with van der Waals surface area (Å²) in [5.41, 5.74) is 0.615. The van der Waals surface area contributed by atoms with Gasteiger partial charge in [0, 0.05) is 11.4 Å². The van der Waals surface area contributed by atoms with Gasteiger partial charge in [0.15, 0.2) is 0 Å². The summed E-state index contributed by atoms with van der Waals surface area (Å²) < 4.78 is 26.5. The van der Waals surface area contributed by atoms with Gasteiger partial charge in [-0.1, -0.05) is 6.07 Å². The second kappa shape index (κ2) is 5.79. The number of nitrogens with one attached hydrogen (secondary N) is 2. The minimum atomic E-state index is -0.577. The number of anilines is 2. The summed E-state index contributed by atoms with van der Waals surface area (Å²) >= 11 is 3.01. The molecule has 0 saturated heterocycles. The topological polar surface area (TPSA) is 41.1 Å². The van der Waals surface area contributed by atoms with Crippen molar-refractivity contribution in [3.63, 3.8) is 0 Å². The van der Waals surface area contributed by atoms with E-state index in [0.29, 0.717) is 15.8 Å². The molecule has 98 valence electrons. The fraction of sp³-hybridized carbons (Fsp3) is 0. The molecule has 0 radical (unpaired) electrons. The van der Waals surface area contributed by atoms with Gasteiger partial charge >= 0.3 is 6.03 Å². The highest BCUT2D eigenvalue weighted by molar-refractivity contribution is 9.10. The average Bonchev–Trinajstić information content (AvgIpc) is 2.34. The number of halogens is 3. The van der Waals surface area contributed by atoms with Crippen molar-refractivity contribution >= 4 is 33.3 Å². The van der Waals surface area contributed by atoms with Crippen molar-refractivity contribution in [1.82, 2.24) is 0 Å². The van der Waals surface area contributed by atoms with Gasteiger partial charge in [0.1, 0.15) is 11.6 Å². The molecule has 2 N–H and O–H groups in total. The monoisotopic (exact) mass is 326 g/mol. The molecule has 0 bridgehead atoms. The van der Waals surface area contributed by atoms with Gasteiger partial charge in [0.25, 0.3) is 0 Å². The number of benzene rings is 2. The molecule has 0 aromatic heterocycles. The van der Waals surface area contributed by atoms with Crippen LogP contribution in [-0.4, -0.2) is 6.03 Å². The molecular formula is C13H9BrF2N2O. The van der Waals surface area contributed by atoms with E-state index >= 15 is 0 Å². The zero-order chi connectivity index (χ0) is 13.8. The first kappa shape index (κ1) is 13.5. The Morgan fingerprint density at radius 2 is 1.68 bits per heavy atom. The van der Waals surface area contributed by atoms with Crippen molar-refractivity contribution in [2.24, 2.45) is 0 Å². The lowest BCUT2D eigenvalue weighted by atomic mass is 10.3. The Labute approximate surface area is 116 Å². The molecule has 2 amide bonds. The van der Waals surface area contributed by atoms with Gasteiger partial charge in [0.05, 0.1) is 4.47 Å². The molecule has 2 aromatic rings. The van der Waals surface area contributed by atoms with Crippen molar-refractivity contribution in [2.45, 2.75) is 0 Å². The molecular weight excluding hydrogens is 318 g/mol. The largest absolute Gasteiger partial charge is 0.323 e. The van der Waals surface area contributed by atoms with E-state index in [2.05, 4.69) is 26.6 Å². The zero-order valence-corrected chi connectivity index (χ0v) is 11.2. The second-order valence-corrected chi connectivity index (χ2v) is 4.57. The molecule has 2 rings (SSSR count). The Bertz CT molecular complexity index is 619. The van der Waals surface area contributed by atoms with Gasteiger partial charge < -0.3 is 10.6 Å². The van der Waals surface area contributed by atoms with Crippen molar-refractivity contribution in [3.05, 3.63) is 58.6 Å². The van der Waals surface area contributed by atoms with E-state index in [1.807, 2.05) is 0 Å². The van der Waals surface area contributed by atoms with Crippen LogP contribution in [0.5, 0.6) is 0 Å². The summed E-state index contributed by atoms with van der Waals surface area (Å²) in [6.45, 7) is 0. The second-order valence-electron chi connectivity index (χ2n) is 3.72. The van der Waals surface area contributed by atoms with E-state index in [1.165, 1.54) is 30.3 Å². The third-order valence-corrected chi connectivity index (χ3v) is 2.90. The summed E-state index contributed by atoms with van der Waals surface area (Å²) in [4.78, 5) is 11.6. The minimum absolute atomic E-state index is 0.301. The first-order chi connectivity index (χ1) is 9.04. The number of hydrogen-bond acceptors (Lipinski definition) is 1. The Morgan fingerprint density at radius 1 is 1.00 bits per heavy atom. The third kappa shape index (κ3) is 3.75. The quantitative estimate of drug-likeness (QED) is 0.845. The van der Waals surface area contributed by atoms with E-state index in [0.717, 1.165) is 0 Å². The average molecular weight is 327 g/mol. The van der Waals surface area contributed by atoms with Crippen LogP contribution < -0.4 is 10.6 Å². The maximum atomic E-state index is 13.2. The molecule has 0 heterocycles. The Balaban J connectivity index is 2.03. The van der Waals surface area contributed by atoms with Crippen molar-refractivity contribution in [2.75, 3.05) is 10.6 Å². The van der Waals surface area contributed by atoms with E-state index in [1.54, 1.807) is 12.1 Å². The minimum Gasteiger partial charge on any atom is -0.308 e. The van der Waals surface area contributed by atoms with Crippen LogP contribution in [0.1, 0.15) is 0 Å². The molecule has 3 nitrogen and oxygen atoms in total. The van der Waals surface area contributed by atoms with Crippen molar-refractivity contribution < 1.29 is 13.6 Å². The summed E-state index contributed by atoms with van der Waals surface area (Å²) in [7, 11) is 0.